The zero-order valence-electron chi connectivity index (χ0n) is 10.7. The van der Waals surface area contributed by atoms with Gasteiger partial charge in [0.25, 0.3) is 0 Å². The van der Waals surface area contributed by atoms with Crippen molar-refractivity contribution in [2.45, 2.75) is 32.4 Å². The van der Waals surface area contributed by atoms with Gasteiger partial charge in [-0.25, -0.2) is 4.39 Å². The van der Waals surface area contributed by atoms with Gasteiger partial charge in [0.2, 0.25) is 5.91 Å². The van der Waals surface area contributed by atoms with Gasteiger partial charge in [-0.2, -0.15) is 0 Å². The van der Waals surface area contributed by atoms with Gasteiger partial charge >= 0.3 is 0 Å². The molecule has 0 aromatic heterocycles. The standard InChI is InChI=1S/C14H19FN2O/c1-2-16-9-14(18)17(13-7-8-13)10-11-3-5-12(15)6-4-11/h3-6,13,16H,2,7-10H2,1H3. The summed E-state index contributed by atoms with van der Waals surface area (Å²) in [6, 6.07) is 6.74. The highest BCUT2D eigenvalue weighted by atomic mass is 19.1. The third kappa shape index (κ3) is 3.53. The molecule has 1 aliphatic carbocycles. The van der Waals surface area contributed by atoms with Crippen molar-refractivity contribution in [3.8, 4) is 0 Å². The highest BCUT2D eigenvalue weighted by Crippen LogP contribution is 2.28. The van der Waals surface area contributed by atoms with Gasteiger partial charge in [0.1, 0.15) is 5.82 Å². The highest BCUT2D eigenvalue weighted by Gasteiger charge is 2.32. The Hall–Kier alpha value is -1.42. The summed E-state index contributed by atoms with van der Waals surface area (Å²) >= 11 is 0. The summed E-state index contributed by atoms with van der Waals surface area (Å²) in [4.78, 5) is 13.9. The number of benzene rings is 1. The summed E-state index contributed by atoms with van der Waals surface area (Å²) in [6.45, 7) is 3.74. The van der Waals surface area contributed by atoms with E-state index in [9.17, 15) is 9.18 Å². The first-order valence-corrected chi connectivity index (χ1v) is 6.45. The molecule has 1 saturated carbocycles. The van der Waals surface area contributed by atoms with Gasteiger partial charge in [-0.1, -0.05) is 19.1 Å². The third-order valence-corrected chi connectivity index (χ3v) is 3.10. The number of hydrogen-bond acceptors (Lipinski definition) is 2. The Morgan fingerprint density at radius 3 is 2.61 bits per heavy atom. The molecule has 0 heterocycles. The molecule has 0 radical (unpaired) electrons. The topological polar surface area (TPSA) is 32.3 Å². The average Bonchev–Trinajstić information content (AvgIpc) is 3.19. The number of hydrogen-bond donors (Lipinski definition) is 1. The Kier molecular flexibility index (Phi) is 4.31. The second kappa shape index (κ2) is 5.96. The van der Waals surface area contributed by atoms with E-state index >= 15 is 0 Å². The van der Waals surface area contributed by atoms with Crippen molar-refractivity contribution in [2.24, 2.45) is 0 Å². The van der Waals surface area contributed by atoms with E-state index in [1.165, 1.54) is 12.1 Å². The maximum atomic E-state index is 12.8. The predicted octanol–water partition coefficient (Wildman–Crippen LogP) is 1.93. The molecule has 0 aliphatic heterocycles. The van der Waals surface area contributed by atoms with Crippen LogP contribution in [0.4, 0.5) is 4.39 Å². The Balaban J connectivity index is 1.97. The minimum absolute atomic E-state index is 0.128. The van der Waals surface area contributed by atoms with Crippen LogP contribution in [0.25, 0.3) is 0 Å². The van der Waals surface area contributed by atoms with E-state index in [0.29, 0.717) is 19.1 Å². The van der Waals surface area contributed by atoms with E-state index in [0.717, 1.165) is 24.9 Å². The molecular weight excluding hydrogens is 231 g/mol. The monoisotopic (exact) mass is 250 g/mol. The van der Waals surface area contributed by atoms with Crippen LogP contribution in [0.2, 0.25) is 0 Å². The quantitative estimate of drug-likeness (QED) is 0.836. The van der Waals surface area contributed by atoms with Crippen molar-refractivity contribution >= 4 is 5.91 Å². The van der Waals surface area contributed by atoms with Gasteiger partial charge in [0.15, 0.2) is 0 Å². The van der Waals surface area contributed by atoms with Crippen LogP contribution in [0.5, 0.6) is 0 Å². The summed E-state index contributed by atoms with van der Waals surface area (Å²) < 4.78 is 12.8. The molecule has 3 nitrogen and oxygen atoms in total. The molecule has 0 spiro atoms. The van der Waals surface area contributed by atoms with Crippen molar-refractivity contribution in [1.82, 2.24) is 10.2 Å². The van der Waals surface area contributed by atoms with Crippen LogP contribution in [0.1, 0.15) is 25.3 Å². The number of nitrogens with one attached hydrogen (secondary N) is 1. The maximum Gasteiger partial charge on any atom is 0.237 e. The fourth-order valence-electron chi connectivity index (χ4n) is 1.93. The Morgan fingerprint density at radius 1 is 1.39 bits per heavy atom. The fourth-order valence-corrected chi connectivity index (χ4v) is 1.93. The first-order valence-electron chi connectivity index (χ1n) is 6.45. The van der Waals surface area contributed by atoms with Gasteiger partial charge < -0.3 is 10.2 Å². The highest BCUT2D eigenvalue weighted by molar-refractivity contribution is 5.78. The number of nitrogens with zero attached hydrogens (tertiary/aromatic N) is 1. The zero-order valence-corrected chi connectivity index (χ0v) is 10.7. The second-order valence-electron chi connectivity index (χ2n) is 4.66. The Morgan fingerprint density at radius 2 is 2.06 bits per heavy atom. The summed E-state index contributed by atoms with van der Waals surface area (Å²) in [5, 5.41) is 3.05. The largest absolute Gasteiger partial charge is 0.334 e. The molecule has 1 aromatic rings. The molecule has 1 fully saturated rings. The van der Waals surface area contributed by atoms with Crippen LogP contribution in [0.3, 0.4) is 0 Å². The summed E-state index contributed by atoms with van der Waals surface area (Å²) in [6.07, 6.45) is 2.16. The second-order valence-corrected chi connectivity index (χ2v) is 4.66. The number of carbonyl (C=O) groups excluding carboxylic acids is 1. The summed E-state index contributed by atoms with van der Waals surface area (Å²) in [5.41, 5.74) is 0.980. The molecule has 98 valence electrons. The molecule has 1 aliphatic rings. The smallest absolute Gasteiger partial charge is 0.237 e. The van der Waals surface area contributed by atoms with Gasteiger partial charge in [0, 0.05) is 12.6 Å². The minimum atomic E-state index is -0.240. The summed E-state index contributed by atoms with van der Waals surface area (Å²) in [7, 11) is 0. The number of rotatable bonds is 6. The number of halogens is 1. The van der Waals surface area contributed by atoms with Crippen LogP contribution in [-0.2, 0) is 11.3 Å². The predicted molar refractivity (Wildman–Crippen MR) is 68.5 cm³/mol. The van der Waals surface area contributed by atoms with Crippen LogP contribution in [0, 0.1) is 5.82 Å². The Bertz CT molecular complexity index is 401. The van der Waals surface area contributed by atoms with Gasteiger partial charge in [0.05, 0.1) is 6.54 Å². The molecule has 1 N–H and O–H groups in total. The molecular formula is C14H19FN2O. The molecule has 0 bridgehead atoms. The zero-order chi connectivity index (χ0) is 13.0. The van der Waals surface area contributed by atoms with E-state index in [1.54, 1.807) is 12.1 Å². The lowest BCUT2D eigenvalue weighted by atomic mass is 10.2. The van der Waals surface area contributed by atoms with E-state index in [-0.39, 0.29) is 11.7 Å². The summed E-state index contributed by atoms with van der Waals surface area (Å²) in [5.74, 6) is -0.112. The minimum Gasteiger partial charge on any atom is -0.334 e. The van der Waals surface area contributed by atoms with Gasteiger partial charge in [-0.3, -0.25) is 4.79 Å². The molecule has 2 rings (SSSR count). The van der Waals surface area contributed by atoms with E-state index in [1.807, 2.05) is 11.8 Å². The van der Waals surface area contributed by atoms with Crippen molar-refractivity contribution in [2.75, 3.05) is 13.1 Å². The first-order chi connectivity index (χ1) is 8.70. The lowest BCUT2D eigenvalue weighted by Gasteiger charge is -2.22. The van der Waals surface area contributed by atoms with Crippen molar-refractivity contribution in [3.05, 3.63) is 35.6 Å². The lowest BCUT2D eigenvalue weighted by Crippen LogP contribution is -2.39. The van der Waals surface area contributed by atoms with Crippen LogP contribution in [-0.4, -0.2) is 29.9 Å². The van der Waals surface area contributed by atoms with Crippen molar-refractivity contribution < 1.29 is 9.18 Å². The molecule has 18 heavy (non-hydrogen) atoms. The third-order valence-electron chi connectivity index (χ3n) is 3.10. The number of amides is 1. The van der Waals surface area contributed by atoms with E-state index in [2.05, 4.69) is 5.32 Å². The molecule has 0 atom stereocenters. The molecule has 0 saturated heterocycles. The molecule has 1 amide bonds. The van der Waals surface area contributed by atoms with Crippen LogP contribution < -0.4 is 5.32 Å². The number of likely N-dealkylation sites (N-methyl/N-ethyl adjacent to an activating group) is 1. The van der Waals surface area contributed by atoms with Crippen LogP contribution in [0.15, 0.2) is 24.3 Å². The molecule has 4 heteroatoms. The van der Waals surface area contributed by atoms with E-state index < -0.39 is 0 Å². The normalized spacial score (nSPS) is 14.6. The van der Waals surface area contributed by atoms with Crippen molar-refractivity contribution in [3.63, 3.8) is 0 Å². The number of carbonyl (C=O) groups is 1. The fraction of sp³-hybridized carbons (Fsp3) is 0.500. The van der Waals surface area contributed by atoms with Gasteiger partial charge in [-0.15, -0.1) is 0 Å². The maximum absolute atomic E-state index is 12.8. The molecule has 0 unspecified atom stereocenters. The average molecular weight is 250 g/mol. The first kappa shape index (κ1) is 13.0. The lowest BCUT2D eigenvalue weighted by molar-refractivity contribution is -0.131. The van der Waals surface area contributed by atoms with Crippen LogP contribution >= 0.6 is 0 Å². The van der Waals surface area contributed by atoms with Crippen molar-refractivity contribution in [1.29, 1.82) is 0 Å². The van der Waals surface area contributed by atoms with Gasteiger partial charge in [-0.05, 0) is 37.1 Å². The molecule has 1 aromatic carbocycles. The van der Waals surface area contributed by atoms with E-state index in [4.69, 9.17) is 0 Å². The SMILES string of the molecule is CCNCC(=O)N(Cc1ccc(F)cc1)C1CC1. The Labute approximate surface area is 107 Å².